The molecular formula is C23H24ClNO4S. The number of benzene rings is 2. The normalized spacial score (nSPS) is 11.5. The van der Waals surface area contributed by atoms with Crippen molar-refractivity contribution in [3.63, 3.8) is 0 Å². The van der Waals surface area contributed by atoms with Gasteiger partial charge in [-0.15, -0.1) is 0 Å². The lowest BCUT2D eigenvalue weighted by Crippen LogP contribution is -2.04. The number of rotatable bonds is 8. The average Bonchev–Trinajstić information content (AvgIpc) is 2.73. The van der Waals surface area contributed by atoms with Crippen molar-refractivity contribution < 1.29 is 18.3 Å². The zero-order valence-corrected chi connectivity index (χ0v) is 18.5. The van der Waals surface area contributed by atoms with Gasteiger partial charge in [0.1, 0.15) is 5.75 Å². The molecule has 1 N–H and O–H groups in total. The number of halogens is 1. The van der Waals surface area contributed by atoms with Gasteiger partial charge in [0.2, 0.25) is 0 Å². The Bertz CT molecular complexity index is 1130. The maximum Gasteiger partial charge on any atom is 0.175 e. The lowest BCUT2D eigenvalue weighted by atomic mass is 9.94. The fraction of sp³-hybridized carbons (Fsp3) is 0.261. The summed E-state index contributed by atoms with van der Waals surface area (Å²) >= 11 is 6.06. The summed E-state index contributed by atoms with van der Waals surface area (Å²) < 4.78 is 30.8. The van der Waals surface area contributed by atoms with E-state index in [-0.39, 0.29) is 11.5 Å². The Kier molecular flexibility index (Phi) is 7.13. The largest absolute Gasteiger partial charge is 0.493 e. The Morgan fingerprint density at radius 3 is 2.43 bits per heavy atom. The molecule has 0 bridgehead atoms. The summed E-state index contributed by atoms with van der Waals surface area (Å²) in [5.74, 6) is 0.466. The number of pyridine rings is 1. The monoisotopic (exact) mass is 445 g/mol. The van der Waals surface area contributed by atoms with E-state index in [1.807, 2.05) is 18.2 Å². The maximum atomic E-state index is 12.4. The smallest absolute Gasteiger partial charge is 0.175 e. The lowest BCUT2D eigenvalue weighted by molar-refractivity contribution is 0.281. The van der Waals surface area contributed by atoms with Crippen molar-refractivity contribution >= 4 is 21.4 Å². The molecular weight excluding hydrogens is 422 g/mol. The summed E-state index contributed by atoms with van der Waals surface area (Å²) in [5, 5.41) is 10.1. The second kappa shape index (κ2) is 9.60. The minimum absolute atomic E-state index is 0.148. The van der Waals surface area contributed by atoms with Crippen LogP contribution in [-0.2, 0) is 16.4 Å². The molecule has 0 aliphatic carbocycles. The van der Waals surface area contributed by atoms with Crippen LogP contribution in [0.15, 0.2) is 59.8 Å². The number of hydrogen-bond acceptors (Lipinski definition) is 5. The van der Waals surface area contributed by atoms with Gasteiger partial charge in [0, 0.05) is 34.8 Å². The minimum Gasteiger partial charge on any atom is -0.493 e. The highest BCUT2D eigenvalue weighted by atomic mass is 35.5. The zero-order valence-electron chi connectivity index (χ0n) is 16.9. The van der Waals surface area contributed by atoms with Crippen molar-refractivity contribution in [1.29, 1.82) is 0 Å². The lowest BCUT2D eigenvalue weighted by Gasteiger charge is -2.18. The van der Waals surface area contributed by atoms with Crippen molar-refractivity contribution in [3.8, 4) is 28.0 Å². The molecule has 1 aromatic heterocycles. The van der Waals surface area contributed by atoms with Gasteiger partial charge in [-0.05, 0) is 53.4 Å². The Hall–Kier alpha value is -2.41. The molecule has 2 aromatic carbocycles. The summed E-state index contributed by atoms with van der Waals surface area (Å²) in [5.41, 5.74) is 3.61. The van der Waals surface area contributed by atoms with Crippen LogP contribution in [-0.4, -0.2) is 31.4 Å². The van der Waals surface area contributed by atoms with Crippen LogP contribution in [0.4, 0.5) is 0 Å². The van der Waals surface area contributed by atoms with Gasteiger partial charge in [-0.3, -0.25) is 4.98 Å². The van der Waals surface area contributed by atoms with Gasteiger partial charge in [-0.2, -0.15) is 0 Å². The summed E-state index contributed by atoms with van der Waals surface area (Å²) in [4.78, 5) is 4.41. The van der Waals surface area contributed by atoms with Gasteiger partial charge >= 0.3 is 0 Å². The van der Waals surface area contributed by atoms with Crippen LogP contribution >= 0.6 is 11.6 Å². The molecule has 0 unspecified atom stereocenters. The summed E-state index contributed by atoms with van der Waals surface area (Å²) in [6.45, 7) is 2.37. The van der Waals surface area contributed by atoms with Gasteiger partial charge in [-0.25, -0.2) is 8.42 Å². The highest BCUT2D eigenvalue weighted by molar-refractivity contribution is 7.90. The number of aliphatic hydroxyl groups is 1. The number of sulfone groups is 1. The molecule has 0 aliphatic rings. The second-order valence-electron chi connectivity index (χ2n) is 7.07. The van der Waals surface area contributed by atoms with Crippen LogP contribution in [0.25, 0.3) is 22.3 Å². The molecule has 0 aliphatic heterocycles. The maximum absolute atomic E-state index is 12.4. The van der Waals surface area contributed by atoms with Crippen LogP contribution < -0.4 is 4.74 Å². The van der Waals surface area contributed by atoms with E-state index >= 15 is 0 Å². The Labute approximate surface area is 182 Å². The molecule has 3 rings (SSSR count). The van der Waals surface area contributed by atoms with Gasteiger partial charge in [0.15, 0.2) is 9.84 Å². The fourth-order valence-electron chi connectivity index (χ4n) is 3.11. The number of aliphatic hydroxyl groups excluding tert-OH is 1. The van der Waals surface area contributed by atoms with Gasteiger partial charge < -0.3 is 9.84 Å². The van der Waals surface area contributed by atoms with E-state index in [1.54, 1.807) is 36.7 Å². The molecule has 0 spiro atoms. The molecule has 0 saturated heterocycles. The van der Waals surface area contributed by atoms with Gasteiger partial charge in [0.05, 0.1) is 18.1 Å². The molecule has 0 fully saturated rings. The van der Waals surface area contributed by atoms with E-state index in [2.05, 4.69) is 11.9 Å². The first-order valence-electron chi connectivity index (χ1n) is 9.65. The van der Waals surface area contributed by atoms with E-state index in [0.717, 1.165) is 29.5 Å². The number of aromatic nitrogens is 1. The topological polar surface area (TPSA) is 76.5 Å². The Morgan fingerprint density at radius 2 is 1.80 bits per heavy atom. The second-order valence-corrected chi connectivity index (χ2v) is 9.52. The third-order valence-corrected chi connectivity index (χ3v) is 6.02. The van der Waals surface area contributed by atoms with Crippen molar-refractivity contribution in [1.82, 2.24) is 4.98 Å². The first-order valence-corrected chi connectivity index (χ1v) is 11.9. The van der Waals surface area contributed by atoms with Gasteiger partial charge in [0.25, 0.3) is 0 Å². The third-order valence-electron chi connectivity index (χ3n) is 4.68. The predicted molar refractivity (Wildman–Crippen MR) is 120 cm³/mol. The number of ether oxygens (including phenoxy) is 1. The SMILES string of the molecule is CCCCOc1cc(S(C)(=O)=O)cc(-c2ccc(Cl)cc2)c1-c1cncc(CO)c1. The molecule has 0 saturated carbocycles. The average molecular weight is 446 g/mol. The van der Waals surface area contributed by atoms with Crippen molar-refractivity contribution in [2.24, 2.45) is 0 Å². The van der Waals surface area contributed by atoms with E-state index in [1.165, 1.54) is 6.26 Å². The van der Waals surface area contributed by atoms with E-state index < -0.39 is 9.84 Å². The van der Waals surface area contributed by atoms with Crippen LogP contribution in [0.2, 0.25) is 5.02 Å². The molecule has 0 amide bonds. The highest BCUT2D eigenvalue weighted by Crippen LogP contribution is 2.42. The minimum atomic E-state index is -3.47. The molecule has 7 heteroatoms. The molecule has 3 aromatic rings. The summed E-state index contributed by atoms with van der Waals surface area (Å²) in [7, 11) is -3.47. The Balaban J connectivity index is 2.32. The zero-order chi connectivity index (χ0) is 21.7. The molecule has 1 heterocycles. The Morgan fingerprint density at radius 1 is 1.07 bits per heavy atom. The van der Waals surface area contributed by atoms with Gasteiger partial charge in [-0.1, -0.05) is 37.1 Å². The summed E-state index contributed by atoms with van der Waals surface area (Å²) in [6, 6.07) is 12.2. The first-order chi connectivity index (χ1) is 14.3. The van der Waals surface area contributed by atoms with Crippen molar-refractivity contribution in [2.45, 2.75) is 31.3 Å². The molecule has 158 valence electrons. The highest BCUT2D eigenvalue weighted by Gasteiger charge is 2.20. The predicted octanol–water partition coefficient (Wildman–Crippen LogP) is 5.14. The standard InChI is InChI=1S/C23H24ClNO4S/c1-3-4-9-29-22-12-20(30(2,27)28)11-21(17-5-7-19(24)8-6-17)23(22)18-10-16(15-26)13-25-14-18/h5-8,10-14,26H,3-4,9,15H2,1-2H3. The molecule has 0 radical (unpaired) electrons. The number of nitrogens with zero attached hydrogens (tertiary/aromatic N) is 1. The quantitative estimate of drug-likeness (QED) is 0.485. The summed E-state index contributed by atoms with van der Waals surface area (Å²) in [6.07, 6.45) is 6.24. The molecule has 30 heavy (non-hydrogen) atoms. The molecule has 5 nitrogen and oxygen atoms in total. The first kappa shape index (κ1) is 22.3. The van der Waals surface area contributed by atoms with Crippen molar-refractivity contribution in [3.05, 3.63) is 65.4 Å². The number of hydrogen-bond donors (Lipinski definition) is 1. The van der Waals surface area contributed by atoms with Crippen LogP contribution in [0, 0.1) is 0 Å². The fourth-order valence-corrected chi connectivity index (χ4v) is 3.89. The van der Waals surface area contributed by atoms with Crippen LogP contribution in [0.1, 0.15) is 25.3 Å². The number of unbranched alkanes of at least 4 members (excludes halogenated alkanes) is 1. The third kappa shape index (κ3) is 5.19. The van der Waals surface area contributed by atoms with E-state index in [9.17, 15) is 13.5 Å². The van der Waals surface area contributed by atoms with Crippen LogP contribution in [0.3, 0.4) is 0 Å². The van der Waals surface area contributed by atoms with Crippen molar-refractivity contribution in [2.75, 3.05) is 12.9 Å². The molecule has 0 atom stereocenters. The van der Waals surface area contributed by atoms with E-state index in [0.29, 0.717) is 28.5 Å². The van der Waals surface area contributed by atoms with Crippen LogP contribution in [0.5, 0.6) is 5.75 Å². The van der Waals surface area contributed by atoms with E-state index in [4.69, 9.17) is 16.3 Å².